The lowest BCUT2D eigenvalue weighted by atomic mass is 10.0. The van der Waals surface area contributed by atoms with Crippen molar-refractivity contribution < 1.29 is 18.2 Å². The predicted molar refractivity (Wildman–Crippen MR) is 126 cm³/mol. The lowest BCUT2D eigenvalue weighted by molar-refractivity contribution is -0.117. The summed E-state index contributed by atoms with van der Waals surface area (Å²) in [6.07, 6.45) is 4.48. The first-order valence-electron chi connectivity index (χ1n) is 10.6. The van der Waals surface area contributed by atoms with E-state index in [1.807, 2.05) is 18.2 Å². The summed E-state index contributed by atoms with van der Waals surface area (Å²) in [5, 5.41) is 8.46. The predicted octanol–water partition coefficient (Wildman–Crippen LogP) is 5.57. The monoisotopic (exact) mass is 467 g/mol. The normalized spacial score (nSPS) is 14.1. The number of fused-ring (bicyclic) bond motifs is 2. The third kappa shape index (κ3) is 4.18. The molecule has 3 aromatic heterocycles. The number of hydrogen-bond donors (Lipinski definition) is 1. The van der Waals surface area contributed by atoms with Crippen LogP contribution in [0.25, 0.3) is 33.1 Å². The van der Waals surface area contributed by atoms with Crippen LogP contribution in [0.3, 0.4) is 0 Å². The molecule has 0 bridgehead atoms. The molecule has 8 nitrogen and oxygen atoms in total. The van der Waals surface area contributed by atoms with E-state index in [1.165, 1.54) is 8.65 Å². The Labute approximate surface area is 193 Å². The second-order valence-corrected chi connectivity index (χ2v) is 9.61. The van der Waals surface area contributed by atoms with Gasteiger partial charge in [-0.05, 0) is 63.4 Å². The zero-order chi connectivity index (χ0) is 23.3. The lowest BCUT2D eigenvalue weighted by Crippen LogP contribution is -2.27. The van der Waals surface area contributed by atoms with Crippen LogP contribution in [0.1, 0.15) is 33.6 Å². The van der Waals surface area contributed by atoms with Crippen molar-refractivity contribution in [3.05, 3.63) is 42.7 Å². The number of aromatic nitrogens is 4. The number of nitrogens with one attached hydrogen (secondary N) is 1. The van der Waals surface area contributed by atoms with E-state index in [4.69, 9.17) is 4.74 Å². The van der Waals surface area contributed by atoms with Gasteiger partial charge in [0.05, 0.1) is 11.7 Å². The largest absolute Gasteiger partial charge is 0.442 e. The molecule has 1 aromatic carbocycles. The average molecular weight is 468 g/mol. The summed E-state index contributed by atoms with van der Waals surface area (Å²) in [7, 11) is 0. The number of anilines is 1. The van der Waals surface area contributed by atoms with Crippen LogP contribution >= 0.6 is 12.3 Å². The Kier molecular flexibility index (Phi) is 5.12. The van der Waals surface area contributed by atoms with Crippen LogP contribution in [0.2, 0.25) is 0 Å². The Morgan fingerprint density at radius 2 is 2.00 bits per heavy atom. The highest BCUT2D eigenvalue weighted by Gasteiger charge is 2.30. The number of nitrogens with zero attached hydrogens (tertiary/aromatic N) is 4. The van der Waals surface area contributed by atoms with Crippen LogP contribution in [0.15, 0.2) is 42.7 Å². The van der Waals surface area contributed by atoms with Crippen LogP contribution in [0, 0.1) is 5.92 Å². The Hall–Kier alpha value is -3.40. The van der Waals surface area contributed by atoms with E-state index in [0.29, 0.717) is 17.0 Å². The first kappa shape index (κ1) is 21.4. The highest BCUT2D eigenvalue weighted by atomic mass is 32.2. The minimum Gasteiger partial charge on any atom is -0.442 e. The molecule has 0 aliphatic heterocycles. The molecule has 1 aliphatic carbocycles. The summed E-state index contributed by atoms with van der Waals surface area (Å²) >= 11 is 0.0407. The summed E-state index contributed by atoms with van der Waals surface area (Å²) in [6, 6.07) is 9.05. The van der Waals surface area contributed by atoms with Gasteiger partial charge in [0, 0.05) is 28.5 Å². The molecule has 4 aromatic rings. The van der Waals surface area contributed by atoms with Crippen molar-refractivity contribution in [1.82, 2.24) is 18.7 Å². The van der Waals surface area contributed by atoms with Crippen molar-refractivity contribution in [2.75, 3.05) is 5.32 Å². The molecule has 0 saturated heterocycles. The minimum atomic E-state index is -0.634. The van der Waals surface area contributed by atoms with Gasteiger partial charge in [0.15, 0.2) is 18.0 Å². The van der Waals surface area contributed by atoms with Gasteiger partial charge < -0.3 is 10.1 Å². The van der Waals surface area contributed by atoms with Crippen LogP contribution in [-0.2, 0) is 9.53 Å². The summed E-state index contributed by atoms with van der Waals surface area (Å²) in [5.74, 6) is 0.391. The maximum atomic E-state index is 13.7. The standard InChI is InChI=1S/C23H22FN5O3S/c1-23(2,3)32-22(31)29-18-8-6-14(10-15(18)11-25-29)17-12-28(33-24)20-16(17)7-9-19(26-20)27-21(30)13-4-5-13/h6-13H,4-5H2,1-3H3,(H,26,27,30). The van der Waals surface area contributed by atoms with Gasteiger partial charge in [-0.25, -0.2) is 13.8 Å². The molecular formula is C23H22FN5O3S. The molecule has 1 fully saturated rings. The maximum Gasteiger partial charge on any atom is 0.435 e. The molecule has 0 spiro atoms. The van der Waals surface area contributed by atoms with Crippen LogP contribution in [0.4, 0.5) is 14.5 Å². The summed E-state index contributed by atoms with van der Waals surface area (Å²) in [6.45, 7) is 5.39. The zero-order valence-corrected chi connectivity index (χ0v) is 19.1. The number of halogens is 1. The molecule has 0 unspecified atom stereocenters. The number of benzene rings is 1. The van der Waals surface area contributed by atoms with Gasteiger partial charge in [0.1, 0.15) is 11.4 Å². The Bertz CT molecular complexity index is 1400. The number of amides is 1. The second kappa shape index (κ2) is 7.87. The SMILES string of the molecule is CC(C)(C)OC(=O)n1ncc2cc(-c3cn(SF)c4nc(NC(=O)C5CC5)ccc34)ccc21. The van der Waals surface area contributed by atoms with Gasteiger partial charge in [-0.3, -0.25) is 4.79 Å². The van der Waals surface area contributed by atoms with E-state index in [1.54, 1.807) is 45.3 Å². The molecule has 1 N–H and O–H groups in total. The highest BCUT2D eigenvalue weighted by Crippen LogP contribution is 2.35. The number of pyridine rings is 1. The molecule has 5 rings (SSSR count). The molecule has 0 radical (unpaired) electrons. The van der Waals surface area contributed by atoms with Gasteiger partial charge >= 0.3 is 6.09 Å². The van der Waals surface area contributed by atoms with E-state index >= 15 is 0 Å². The van der Waals surface area contributed by atoms with E-state index in [2.05, 4.69) is 15.4 Å². The topological polar surface area (TPSA) is 91.0 Å². The van der Waals surface area contributed by atoms with E-state index in [0.717, 1.165) is 34.7 Å². The van der Waals surface area contributed by atoms with Gasteiger partial charge in [-0.1, -0.05) is 6.07 Å². The highest BCUT2D eigenvalue weighted by molar-refractivity contribution is 7.92. The number of hydrogen-bond acceptors (Lipinski definition) is 6. The molecular weight excluding hydrogens is 445 g/mol. The maximum absolute atomic E-state index is 13.7. The van der Waals surface area contributed by atoms with E-state index in [9.17, 15) is 13.5 Å². The van der Waals surface area contributed by atoms with Crippen LogP contribution in [0.5, 0.6) is 0 Å². The third-order valence-corrected chi connectivity index (χ3v) is 5.77. The molecule has 0 atom stereocenters. The summed E-state index contributed by atoms with van der Waals surface area (Å²) in [4.78, 5) is 29.0. The van der Waals surface area contributed by atoms with Crippen LogP contribution < -0.4 is 5.32 Å². The Balaban J connectivity index is 1.51. The first-order valence-corrected chi connectivity index (χ1v) is 11.2. The van der Waals surface area contributed by atoms with Gasteiger partial charge in [-0.2, -0.15) is 9.78 Å². The van der Waals surface area contributed by atoms with Gasteiger partial charge in [0.2, 0.25) is 5.91 Å². The quantitative estimate of drug-likeness (QED) is 0.422. The van der Waals surface area contributed by atoms with Gasteiger partial charge in [-0.15, -0.1) is 3.89 Å². The van der Waals surface area contributed by atoms with Crippen molar-refractivity contribution >= 4 is 52.1 Å². The fourth-order valence-electron chi connectivity index (χ4n) is 3.65. The number of ether oxygens (including phenoxy) is 1. The zero-order valence-electron chi connectivity index (χ0n) is 18.3. The molecule has 1 saturated carbocycles. The molecule has 1 aliphatic rings. The van der Waals surface area contributed by atoms with Crippen molar-refractivity contribution in [3.8, 4) is 11.1 Å². The van der Waals surface area contributed by atoms with Gasteiger partial charge in [0.25, 0.3) is 0 Å². The fraction of sp³-hybridized carbons (Fsp3) is 0.304. The molecule has 33 heavy (non-hydrogen) atoms. The molecule has 170 valence electrons. The van der Waals surface area contributed by atoms with Crippen molar-refractivity contribution in [1.29, 1.82) is 0 Å². The van der Waals surface area contributed by atoms with Crippen molar-refractivity contribution in [3.63, 3.8) is 0 Å². The number of rotatable bonds is 4. The Morgan fingerprint density at radius 3 is 2.70 bits per heavy atom. The van der Waals surface area contributed by atoms with Crippen molar-refractivity contribution in [2.45, 2.75) is 39.2 Å². The minimum absolute atomic E-state index is 0.0407. The first-order chi connectivity index (χ1) is 15.7. The summed E-state index contributed by atoms with van der Waals surface area (Å²) < 4.78 is 21.6. The Morgan fingerprint density at radius 1 is 1.21 bits per heavy atom. The van der Waals surface area contributed by atoms with Crippen LogP contribution in [-0.4, -0.2) is 36.3 Å². The van der Waals surface area contributed by atoms with E-state index in [-0.39, 0.29) is 24.2 Å². The lowest BCUT2D eigenvalue weighted by Gasteiger charge is -2.19. The molecule has 10 heteroatoms. The average Bonchev–Trinajstić information content (AvgIpc) is 3.43. The number of carbonyl (C=O) groups is 2. The smallest absolute Gasteiger partial charge is 0.435 e. The third-order valence-electron chi connectivity index (χ3n) is 5.34. The van der Waals surface area contributed by atoms with E-state index < -0.39 is 11.7 Å². The molecule has 3 heterocycles. The number of carbonyl (C=O) groups excluding carboxylic acids is 2. The fourth-order valence-corrected chi connectivity index (χ4v) is 4.00. The van der Waals surface area contributed by atoms with Crippen molar-refractivity contribution in [2.24, 2.45) is 5.92 Å². The second-order valence-electron chi connectivity index (χ2n) is 9.08. The molecule has 1 amide bonds. The summed E-state index contributed by atoms with van der Waals surface area (Å²) in [5.41, 5.74) is 1.98.